The van der Waals surface area contributed by atoms with Crippen molar-refractivity contribution in [3.63, 3.8) is 0 Å². The van der Waals surface area contributed by atoms with Gasteiger partial charge >= 0.3 is 17.9 Å². The molecule has 0 fully saturated rings. The van der Waals surface area contributed by atoms with Gasteiger partial charge in [0.25, 0.3) is 6.29 Å². The lowest BCUT2D eigenvalue weighted by atomic mass is 10.0. The van der Waals surface area contributed by atoms with Gasteiger partial charge in [-0.2, -0.15) is 0 Å². The Morgan fingerprint density at radius 1 is 0.468 bits per heavy atom. The van der Waals surface area contributed by atoms with E-state index in [0.717, 1.165) is 38.5 Å². The number of carbonyl (C=O) groups excluding carboxylic acids is 2. The van der Waals surface area contributed by atoms with Gasteiger partial charge in [0.15, 0.2) is 6.10 Å². The fourth-order valence-electron chi connectivity index (χ4n) is 7.66. The highest BCUT2D eigenvalue weighted by Gasteiger charge is 2.25. The topological polar surface area (TPSA) is 108 Å². The summed E-state index contributed by atoms with van der Waals surface area (Å²) in [6, 6.07) is 0. The zero-order valence-electron chi connectivity index (χ0n) is 41.6. The van der Waals surface area contributed by atoms with Gasteiger partial charge in [0.2, 0.25) is 0 Å². The molecule has 9 heteroatoms. The molecule has 0 aromatic carbocycles. The highest BCUT2D eigenvalue weighted by molar-refractivity contribution is 5.71. The van der Waals surface area contributed by atoms with Crippen molar-refractivity contribution in [3.05, 3.63) is 12.2 Å². The Hall–Kier alpha value is -1.97. The summed E-state index contributed by atoms with van der Waals surface area (Å²) in [4.78, 5) is 36.9. The molecule has 0 aliphatic carbocycles. The lowest BCUT2D eigenvalue weighted by molar-refractivity contribution is -0.870. The van der Waals surface area contributed by atoms with Crippen LogP contribution >= 0.6 is 0 Å². The standard InChI is InChI=1S/C53H101NO8/c1-6-8-10-12-14-15-16-17-18-19-20-21-22-23-24-25-26-27-28-29-30-31-32-33-34-35-36-37-38-40-42-44-51(56)62-49(47-60-50(55)43-41-39-13-11-9-7-2)48-61-53(52(57)58)59-46-45-54(3,4)5/h19-20,49,53H,6-18,21-48H2,1-5H3/p+1/b20-19-. The van der Waals surface area contributed by atoms with Gasteiger partial charge in [-0.25, -0.2) is 4.79 Å². The van der Waals surface area contributed by atoms with Gasteiger partial charge in [0.05, 0.1) is 34.4 Å². The molecule has 0 bridgehead atoms. The number of quaternary nitrogens is 1. The number of rotatable bonds is 49. The van der Waals surface area contributed by atoms with Gasteiger partial charge in [-0.1, -0.05) is 212 Å². The number of carbonyl (C=O) groups is 3. The van der Waals surface area contributed by atoms with Crippen molar-refractivity contribution in [1.82, 2.24) is 0 Å². The van der Waals surface area contributed by atoms with Crippen LogP contribution in [0.15, 0.2) is 12.2 Å². The van der Waals surface area contributed by atoms with Crippen LogP contribution in [0.2, 0.25) is 0 Å². The predicted octanol–water partition coefficient (Wildman–Crippen LogP) is 14.6. The van der Waals surface area contributed by atoms with E-state index in [1.54, 1.807) is 0 Å². The highest BCUT2D eigenvalue weighted by atomic mass is 16.7. The van der Waals surface area contributed by atoms with E-state index in [1.165, 1.54) is 186 Å². The van der Waals surface area contributed by atoms with Crippen molar-refractivity contribution >= 4 is 17.9 Å². The minimum absolute atomic E-state index is 0.177. The molecule has 0 spiro atoms. The summed E-state index contributed by atoms with van der Waals surface area (Å²) in [6.45, 7) is 4.83. The molecule has 62 heavy (non-hydrogen) atoms. The van der Waals surface area contributed by atoms with Crippen LogP contribution in [0.3, 0.4) is 0 Å². The molecular formula is C53H102NO8+. The van der Waals surface area contributed by atoms with Crippen molar-refractivity contribution in [2.75, 3.05) is 47.5 Å². The van der Waals surface area contributed by atoms with Gasteiger partial charge in [-0.05, 0) is 38.5 Å². The summed E-state index contributed by atoms with van der Waals surface area (Å²) in [5, 5.41) is 9.61. The van der Waals surface area contributed by atoms with Crippen LogP contribution in [-0.2, 0) is 33.3 Å². The van der Waals surface area contributed by atoms with E-state index in [4.69, 9.17) is 18.9 Å². The Morgan fingerprint density at radius 2 is 0.823 bits per heavy atom. The van der Waals surface area contributed by atoms with E-state index in [1.807, 2.05) is 21.1 Å². The summed E-state index contributed by atoms with van der Waals surface area (Å²) >= 11 is 0. The number of esters is 2. The van der Waals surface area contributed by atoms with Gasteiger partial charge in [0.1, 0.15) is 13.2 Å². The number of ether oxygens (including phenoxy) is 4. The molecule has 0 aliphatic rings. The zero-order chi connectivity index (χ0) is 45.6. The Balaban J connectivity index is 3.93. The number of carboxylic acids is 1. The Labute approximate surface area is 383 Å². The molecule has 366 valence electrons. The summed E-state index contributed by atoms with van der Waals surface area (Å²) in [5.41, 5.74) is 0. The zero-order valence-corrected chi connectivity index (χ0v) is 41.6. The number of hydrogen-bond donors (Lipinski definition) is 1. The maximum atomic E-state index is 12.7. The average molecular weight is 881 g/mol. The van der Waals surface area contributed by atoms with Crippen molar-refractivity contribution in [1.29, 1.82) is 0 Å². The largest absolute Gasteiger partial charge is 0.477 e. The third-order valence-corrected chi connectivity index (χ3v) is 11.8. The van der Waals surface area contributed by atoms with E-state index < -0.39 is 24.3 Å². The first-order valence-electron chi connectivity index (χ1n) is 26.4. The normalized spacial score (nSPS) is 12.9. The number of unbranched alkanes of at least 4 members (excludes halogenated alkanes) is 32. The fraction of sp³-hybridized carbons (Fsp3) is 0.906. The van der Waals surface area contributed by atoms with Crippen molar-refractivity contribution in [2.24, 2.45) is 0 Å². The first kappa shape index (κ1) is 60.0. The molecule has 9 nitrogen and oxygen atoms in total. The lowest BCUT2D eigenvalue weighted by Crippen LogP contribution is -2.40. The molecule has 2 unspecified atom stereocenters. The van der Waals surface area contributed by atoms with Crippen LogP contribution in [-0.4, -0.2) is 87.4 Å². The van der Waals surface area contributed by atoms with E-state index in [0.29, 0.717) is 17.4 Å². The molecule has 0 saturated heterocycles. The minimum Gasteiger partial charge on any atom is -0.477 e. The van der Waals surface area contributed by atoms with Gasteiger partial charge in [-0.3, -0.25) is 9.59 Å². The fourth-order valence-corrected chi connectivity index (χ4v) is 7.66. The van der Waals surface area contributed by atoms with E-state index in [-0.39, 0.29) is 32.2 Å². The molecule has 0 saturated carbocycles. The lowest BCUT2D eigenvalue weighted by Gasteiger charge is -2.25. The highest BCUT2D eigenvalue weighted by Crippen LogP contribution is 2.17. The molecule has 2 atom stereocenters. The number of hydrogen-bond acceptors (Lipinski definition) is 7. The Bertz CT molecular complexity index is 1030. The van der Waals surface area contributed by atoms with E-state index in [9.17, 15) is 19.5 Å². The van der Waals surface area contributed by atoms with Crippen molar-refractivity contribution < 1.29 is 42.9 Å². The Morgan fingerprint density at radius 3 is 1.19 bits per heavy atom. The summed E-state index contributed by atoms with van der Waals surface area (Å²) in [5.74, 6) is -2.00. The number of allylic oxidation sites excluding steroid dienone is 2. The van der Waals surface area contributed by atoms with Crippen molar-refractivity contribution in [3.8, 4) is 0 Å². The first-order chi connectivity index (χ1) is 30.1. The van der Waals surface area contributed by atoms with Crippen LogP contribution in [0, 0.1) is 0 Å². The number of carboxylic acid groups (broad SMARTS) is 1. The van der Waals surface area contributed by atoms with Crippen LogP contribution in [0.5, 0.6) is 0 Å². The summed E-state index contributed by atoms with van der Waals surface area (Å²) in [7, 11) is 5.96. The maximum absolute atomic E-state index is 12.7. The second kappa shape index (κ2) is 45.6. The molecule has 0 aromatic rings. The predicted molar refractivity (Wildman–Crippen MR) is 258 cm³/mol. The second-order valence-electron chi connectivity index (χ2n) is 19.2. The SMILES string of the molecule is CCCCCCCCCC/C=C\CCCCCCCCCCCCCCCCCCCCCC(=O)OC(COC(=O)CCCCCCCC)COC(OCC[N+](C)(C)C)C(=O)O. The third-order valence-electron chi connectivity index (χ3n) is 11.8. The monoisotopic (exact) mass is 881 g/mol. The van der Waals surface area contributed by atoms with Gasteiger partial charge < -0.3 is 28.5 Å². The molecule has 0 heterocycles. The van der Waals surface area contributed by atoms with Crippen molar-refractivity contribution in [2.45, 2.75) is 264 Å². The minimum atomic E-state index is -1.50. The van der Waals surface area contributed by atoms with E-state index in [2.05, 4.69) is 26.0 Å². The third kappa shape index (κ3) is 46.0. The van der Waals surface area contributed by atoms with Crippen LogP contribution in [0.4, 0.5) is 0 Å². The molecule has 0 amide bonds. The van der Waals surface area contributed by atoms with E-state index >= 15 is 0 Å². The quantitative estimate of drug-likeness (QED) is 0.0212. The first-order valence-corrected chi connectivity index (χ1v) is 26.4. The molecule has 0 rings (SSSR count). The summed E-state index contributed by atoms with van der Waals surface area (Å²) < 4.78 is 22.7. The Kier molecular flexibility index (Phi) is 44.1. The smallest absolute Gasteiger partial charge is 0.361 e. The number of likely N-dealkylation sites (N-methyl/N-ethyl adjacent to an activating group) is 1. The van der Waals surface area contributed by atoms with Gasteiger partial charge in [-0.15, -0.1) is 0 Å². The molecule has 1 N–H and O–H groups in total. The molecule has 0 radical (unpaired) electrons. The summed E-state index contributed by atoms with van der Waals surface area (Å²) in [6.07, 6.45) is 47.7. The number of nitrogens with zero attached hydrogens (tertiary/aromatic N) is 1. The second-order valence-corrected chi connectivity index (χ2v) is 19.2. The molecule has 0 aliphatic heterocycles. The van der Waals surface area contributed by atoms with Crippen LogP contribution < -0.4 is 0 Å². The van der Waals surface area contributed by atoms with Crippen LogP contribution in [0.1, 0.15) is 251 Å². The van der Waals surface area contributed by atoms with Crippen LogP contribution in [0.25, 0.3) is 0 Å². The molecule has 0 aromatic heterocycles. The molecular weight excluding hydrogens is 779 g/mol. The number of aliphatic carboxylic acids is 1. The van der Waals surface area contributed by atoms with Gasteiger partial charge in [0, 0.05) is 12.8 Å². The maximum Gasteiger partial charge on any atom is 0.361 e. The average Bonchev–Trinajstić information content (AvgIpc) is 3.23.